The van der Waals surface area contributed by atoms with Crippen molar-refractivity contribution in [2.45, 2.75) is 6.04 Å². The quantitative estimate of drug-likeness (QED) is 0.796. The molecule has 3 rings (SSSR count). The summed E-state index contributed by atoms with van der Waals surface area (Å²) in [5.74, 6) is 0. The summed E-state index contributed by atoms with van der Waals surface area (Å²) in [5, 5.41) is 5.05. The van der Waals surface area contributed by atoms with Crippen molar-refractivity contribution in [2.75, 3.05) is 0 Å². The molecule has 0 fully saturated rings. The molecule has 18 heavy (non-hydrogen) atoms. The zero-order valence-electron chi connectivity index (χ0n) is 9.48. The smallest absolute Gasteiger partial charge is 0.115 e. The van der Waals surface area contributed by atoms with Gasteiger partial charge in [-0.25, -0.2) is 4.98 Å². The maximum absolute atomic E-state index is 6.21. The molecule has 0 amide bonds. The molecule has 1 atom stereocenters. The van der Waals surface area contributed by atoms with E-state index in [1.807, 2.05) is 18.2 Å². The number of hydrogen-bond acceptors (Lipinski definition) is 5. The Morgan fingerprint density at radius 3 is 2.67 bits per heavy atom. The third-order valence-electron chi connectivity index (χ3n) is 2.63. The molecule has 3 heterocycles. The highest BCUT2D eigenvalue weighted by Crippen LogP contribution is 2.29. The van der Waals surface area contributed by atoms with Gasteiger partial charge in [-0.15, -0.1) is 22.7 Å². The first kappa shape index (κ1) is 11.5. The summed E-state index contributed by atoms with van der Waals surface area (Å²) in [5.41, 5.74) is 8.25. The monoisotopic (exact) mass is 273 g/mol. The fraction of sp³-hybridized carbons (Fsp3) is 0.0769. The van der Waals surface area contributed by atoms with Gasteiger partial charge in [-0.05, 0) is 29.1 Å². The number of thiazole rings is 1. The molecule has 5 heteroatoms. The molecule has 0 aromatic carbocycles. The fourth-order valence-electron chi connectivity index (χ4n) is 1.68. The maximum atomic E-state index is 6.21. The Hall–Kier alpha value is -1.56. The molecule has 0 aliphatic heterocycles. The molecule has 90 valence electrons. The van der Waals surface area contributed by atoms with Crippen molar-refractivity contribution < 1.29 is 0 Å². The summed E-state index contributed by atoms with van der Waals surface area (Å²) >= 11 is 3.29. The number of pyridine rings is 1. The van der Waals surface area contributed by atoms with E-state index in [4.69, 9.17) is 5.73 Å². The van der Waals surface area contributed by atoms with Crippen LogP contribution in [0.25, 0.3) is 10.6 Å². The van der Waals surface area contributed by atoms with Gasteiger partial charge in [0, 0.05) is 17.8 Å². The van der Waals surface area contributed by atoms with E-state index in [2.05, 4.69) is 26.8 Å². The highest BCUT2D eigenvalue weighted by Gasteiger charge is 2.14. The van der Waals surface area contributed by atoms with Gasteiger partial charge in [-0.3, -0.25) is 4.98 Å². The number of aromatic nitrogens is 2. The molecular formula is C13H11N3S2. The fourth-order valence-corrected chi connectivity index (χ4v) is 3.29. The summed E-state index contributed by atoms with van der Waals surface area (Å²) in [6, 6.07) is 7.78. The molecule has 1 unspecified atom stereocenters. The van der Waals surface area contributed by atoms with Crippen LogP contribution >= 0.6 is 22.7 Å². The number of hydrogen-bond donors (Lipinski definition) is 1. The molecule has 2 N–H and O–H groups in total. The summed E-state index contributed by atoms with van der Waals surface area (Å²) in [7, 11) is 0. The Kier molecular flexibility index (Phi) is 3.19. The lowest BCUT2D eigenvalue weighted by Gasteiger charge is -2.07. The van der Waals surface area contributed by atoms with E-state index in [0.29, 0.717) is 0 Å². The van der Waals surface area contributed by atoms with Gasteiger partial charge in [0.1, 0.15) is 5.01 Å². The van der Waals surface area contributed by atoms with Crippen LogP contribution in [0, 0.1) is 0 Å². The first-order valence-electron chi connectivity index (χ1n) is 5.49. The minimum Gasteiger partial charge on any atom is -0.318 e. The van der Waals surface area contributed by atoms with Crippen molar-refractivity contribution in [1.82, 2.24) is 9.97 Å². The molecular weight excluding hydrogens is 262 g/mol. The Labute approximate surface area is 113 Å². The molecule has 0 saturated heterocycles. The van der Waals surface area contributed by atoms with Crippen molar-refractivity contribution in [1.29, 1.82) is 0 Å². The van der Waals surface area contributed by atoms with Crippen molar-refractivity contribution in [3.63, 3.8) is 0 Å². The van der Waals surface area contributed by atoms with E-state index in [9.17, 15) is 0 Å². The number of thiophene rings is 1. The Balaban J connectivity index is 1.90. The maximum Gasteiger partial charge on any atom is 0.115 e. The van der Waals surface area contributed by atoms with Crippen molar-refractivity contribution in [3.05, 3.63) is 58.0 Å². The normalized spacial score (nSPS) is 12.5. The van der Waals surface area contributed by atoms with Crippen LogP contribution in [0.2, 0.25) is 0 Å². The standard InChI is InChI=1S/C13H11N3S2/c14-12(9-3-5-15-6-4-9)13-16-10(8-18-13)11-2-1-7-17-11/h1-8,12H,14H2. The molecule has 3 aromatic heterocycles. The minimum atomic E-state index is -0.174. The van der Waals surface area contributed by atoms with Crippen molar-refractivity contribution >= 4 is 22.7 Å². The predicted molar refractivity (Wildman–Crippen MR) is 75.7 cm³/mol. The van der Waals surface area contributed by atoms with Gasteiger partial charge in [-0.2, -0.15) is 0 Å². The second-order valence-corrected chi connectivity index (χ2v) is 5.64. The van der Waals surface area contributed by atoms with Gasteiger partial charge < -0.3 is 5.73 Å². The van der Waals surface area contributed by atoms with E-state index in [0.717, 1.165) is 16.3 Å². The summed E-state index contributed by atoms with van der Waals surface area (Å²) in [6.07, 6.45) is 3.51. The van der Waals surface area contributed by atoms with Crippen LogP contribution in [0.4, 0.5) is 0 Å². The van der Waals surface area contributed by atoms with Gasteiger partial charge in [0.05, 0.1) is 16.6 Å². The SMILES string of the molecule is NC(c1ccncc1)c1nc(-c2cccs2)cs1. The third kappa shape index (κ3) is 2.20. The van der Waals surface area contributed by atoms with E-state index in [1.165, 1.54) is 4.88 Å². The van der Waals surface area contributed by atoms with Crippen LogP contribution in [0.15, 0.2) is 47.4 Å². The van der Waals surface area contributed by atoms with Crippen molar-refractivity contribution in [2.24, 2.45) is 5.73 Å². The highest BCUT2D eigenvalue weighted by molar-refractivity contribution is 7.14. The molecule has 3 nitrogen and oxygen atoms in total. The lowest BCUT2D eigenvalue weighted by Crippen LogP contribution is -2.11. The van der Waals surface area contributed by atoms with Crippen LogP contribution in [-0.2, 0) is 0 Å². The average molecular weight is 273 g/mol. The van der Waals surface area contributed by atoms with Gasteiger partial charge in [-0.1, -0.05) is 6.07 Å². The summed E-state index contributed by atoms with van der Waals surface area (Å²) < 4.78 is 0. The second-order valence-electron chi connectivity index (χ2n) is 3.81. The average Bonchev–Trinajstić information content (AvgIpc) is 3.09. The number of nitrogens with two attached hydrogens (primary N) is 1. The van der Waals surface area contributed by atoms with E-state index >= 15 is 0 Å². The van der Waals surface area contributed by atoms with Crippen LogP contribution in [0.1, 0.15) is 16.6 Å². The van der Waals surface area contributed by atoms with Crippen molar-refractivity contribution in [3.8, 4) is 10.6 Å². The highest BCUT2D eigenvalue weighted by atomic mass is 32.1. The lowest BCUT2D eigenvalue weighted by molar-refractivity contribution is 0.856. The molecule has 0 aliphatic carbocycles. The third-order valence-corrected chi connectivity index (χ3v) is 4.45. The number of rotatable bonds is 3. The minimum absolute atomic E-state index is 0.174. The number of nitrogens with zero attached hydrogens (tertiary/aromatic N) is 2. The van der Waals surface area contributed by atoms with Crippen LogP contribution < -0.4 is 5.73 Å². The van der Waals surface area contributed by atoms with E-state index < -0.39 is 0 Å². The van der Waals surface area contributed by atoms with Gasteiger partial charge in [0.15, 0.2) is 0 Å². The Morgan fingerprint density at radius 1 is 1.11 bits per heavy atom. The lowest BCUT2D eigenvalue weighted by atomic mass is 10.1. The van der Waals surface area contributed by atoms with E-state index in [-0.39, 0.29) is 6.04 Å². The van der Waals surface area contributed by atoms with Gasteiger partial charge in [0.25, 0.3) is 0 Å². The molecule has 0 bridgehead atoms. The first-order chi connectivity index (χ1) is 8.84. The Morgan fingerprint density at radius 2 is 1.94 bits per heavy atom. The zero-order chi connectivity index (χ0) is 12.4. The Bertz CT molecular complexity index is 617. The van der Waals surface area contributed by atoms with Gasteiger partial charge in [0.2, 0.25) is 0 Å². The topological polar surface area (TPSA) is 51.8 Å². The second kappa shape index (κ2) is 4.97. The molecule has 0 saturated carbocycles. The first-order valence-corrected chi connectivity index (χ1v) is 7.25. The predicted octanol–water partition coefficient (Wildman–Crippen LogP) is 3.31. The molecule has 0 aliphatic rings. The molecule has 0 radical (unpaired) electrons. The largest absolute Gasteiger partial charge is 0.318 e. The van der Waals surface area contributed by atoms with E-state index in [1.54, 1.807) is 35.1 Å². The van der Waals surface area contributed by atoms with Crippen LogP contribution in [-0.4, -0.2) is 9.97 Å². The van der Waals surface area contributed by atoms with Gasteiger partial charge >= 0.3 is 0 Å². The zero-order valence-corrected chi connectivity index (χ0v) is 11.1. The summed E-state index contributed by atoms with van der Waals surface area (Å²) in [4.78, 5) is 9.79. The molecule has 0 spiro atoms. The molecule has 3 aromatic rings. The van der Waals surface area contributed by atoms with Crippen LogP contribution in [0.5, 0.6) is 0 Å². The van der Waals surface area contributed by atoms with Crippen LogP contribution in [0.3, 0.4) is 0 Å². The summed E-state index contributed by atoms with van der Waals surface area (Å²) in [6.45, 7) is 0.